The number of para-hydroxylation sites is 2. The number of benzene rings is 2. The lowest BCUT2D eigenvalue weighted by Crippen LogP contribution is -2.01. The third-order valence-electron chi connectivity index (χ3n) is 5.43. The number of aromatic nitrogens is 2. The molecule has 3 rings (SSSR count). The number of hydrogen-bond donors (Lipinski definition) is 0. The van der Waals surface area contributed by atoms with E-state index in [1.54, 1.807) is 0 Å². The molecule has 27 heavy (non-hydrogen) atoms. The molecule has 0 saturated heterocycles. The van der Waals surface area contributed by atoms with Crippen molar-refractivity contribution in [3.8, 4) is 5.69 Å². The molecule has 0 fully saturated rings. The highest BCUT2D eigenvalue weighted by Crippen LogP contribution is 2.23. The van der Waals surface area contributed by atoms with Gasteiger partial charge in [-0.25, -0.2) is 4.98 Å². The normalized spacial score (nSPS) is 11.3. The molecule has 0 bridgehead atoms. The van der Waals surface area contributed by atoms with Crippen molar-refractivity contribution in [1.82, 2.24) is 9.55 Å². The van der Waals surface area contributed by atoms with E-state index in [1.165, 1.54) is 80.4 Å². The summed E-state index contributed by atoms with van der Waals surface area (Å²) in [4.78, 5) is 4.94. The Hall–Kier alpha value is -2.09. The maximum atomic E-state index is 4.94. The Morgan fingerprint density at radius 1 is 0.741 bits per heavy atom. The second kappa shape index (κ2) is 10.3. The summed E-state index contributed by atoms with van der Waals surface area (Å²) in [6, 6.07) is 17.3. The number of unbranched alkanes of at least 4 members (excludes halogenated alkanes) is 8. The number of imidazole rings is 1. The molecule has 0 saturated carbocycles. The molecule has 0 N–H and O–H groups in total. The fourth-order valence-electron chi connectivity index (χ4n) is 3.82. The summed E-state index contributed by atoms with van der Waals surface area (Å²) in [6.07, 6.45) is 13.3. The summed E-state index contributed by atoms with van der Waals surface area (Å²) in [5.74, 6) is 1.20. The van der Waals surface area contributed by atoms with Crippen LogP contribution in [0.2, 0.25) is 0 Å². The number of hydrogen-bond acceptors (Lipinski definition) is 1. The van der Waals surface area contributed by atoms with E-state index in [0.29, 0.717) is 0 Å². The van der Waals surface area contributed by atoms with Crippen LogP contribution in [0.25, 0.3) is 16.7 Å². The van der Waals surface area contributed by atoms with Crippen LogP contribution in [-0.4, -0.2) is 9.55 Å². The van der Waals surface area contributed by atoms with Crippen molar-refractivity contribution in [3.05, 3.63) is 59.9 Å². The Labute approximate surface area is 164 Å². The largest absolute Gasteiger partial charge is 0.296 e. The minimum atomic E-state index is 1.05. The molecule has 3 aromatic rings. The first kappa shape index (κ1) is 19.7. The molecule has 0 atom stereocenters. The summed E-state index contributed by atoms with van der Waals surface area (Å²) in [6.45, 7) is 4.42. The average molecular weight is 363 g/mol. The van der Waals surface area contributed by atoms with E-state index in [4.69, 9.17) is 4.98 Å². The van der Waals surface area contributed by atoms with E-state index >= 15 is 0 Å². The number of aryl methyl sites for hydroxylation is 2. The van der Waals surface area contributed by atoms with Crippen LogP contribution in [0.15, 0.2) is 48.5 Å². The Balaban J connectivity index is 1.59. The molecule has 0 unspecified atom stereocenters. The molecular weight excluding hydrogens is 328 g/mol. The average Bonchev–Trinajstić information content (AvgIpc) is 3.06. The molecule has 0 aliphatic carbocycles. The molecule has 0 aliphatic rings. The zero-order valence-electron chi connectivity index (χ0n) is 17.1. The molecule has 1 heterocycles. The Bertz CT molecular complexity index is 814. The highest BCUT2D eigenvalue weighted by molar-refractivity contribution is 5.78. The molecule has 2 nitrogen and oxygen atoms in total. The van der Waals surface area contributed by atoms with E-state index in [0.717, 1.165) is 11.9 Å². The summed E-state index contributed by atoms with van der Waals surface area (Å²) < 4.78 is 2.35. The monoisotopic (exact) mass is 362 g/mol. The van der Waals surface area contributed by atoms with Gasteiger partial charge in [0.2, 0.25) is 0 Å². The minimum absolute atomic E-state index is 1.05. The first-order valence-electron chi connectivity index (χ1n) is 10.8. The van der Waals surface area contributed by atoms with Crippen molar-refractivity contribution < 1.29 is 0 Å². The van der Waals surface area contributed by atoms with Gasteiger partial charge in [-0.3, -0.25) is 4.57 Å². The van der Waals surface area contributed by atoms with Crippen LogP contribution >= 0.6 is 0 Å². The van der Waals surface area contributed by atoms with Crippen LogP contribution in [0.4, 0.5) is 0 Å². The lowest BCUT2D eigenvalue weighted by atomic mass is 10.1. The van der Waals surface area contributed by atoms with Crippen LogP contribution in [0.5, 0.6) is 0 Å². The van der Waals surface area contributed by atoms with Crippen LogP contribution in [0.1, 0.15) is 76.1 Å². The SMILES string of the molecule is CCCCCCCCCCCc1nc2ccccc2n1-c1ccc(C)cc1. The number of fused-ring (bicyclic) bond motifs is 1. The molecule has 0 radical (unpaired) electrons. The topological polar surface area (TPSA) is 17.8 Å². The molecule has 2 heteroatoms. The van der Waals surface area contributed by atoms with Crippen LogP contribution in [0, 0.1) is 6.92 Å². The quantitative estimate of drug-likeness (QED) is 0.325. The standard InChI is InChI=1S/C25H34N2/c1-3-4-5-6-7-8-9-10-11-16-25-26-23-14-12-13-15-24(23)27(25)22-19-17-21(2)18-20-22/h12-15,17-20H,3-11,16H2,1-2H3. The summed E-state index contributed by atoms with van der Waals surface area (Å²) in [5.41, 5.74) is 4.83. The third kappa shape index (κ3) is 5.45. The van der Waals surface area contributed by atoms with Crippen molar-refractivity contribution >= 4 is 11.0 Å². The maximum absolute atomic E-state index is 4.94. The zero-order valence-corrected chi connectivity index (χ0v) is 17.1. The molecule has 2 aromatic carbocycles. The smallest absolute Gasteiger partial charge is 0.114 e. The van der Waals surface area contributed by atoms with Gasteiger partial charge in [0.1, 0.15) is 5.82 Å². The highest BCUT2D eigenvalue weighted by Gasteiger charge is 2.11. The van der Waals surface area contributed by atoms with Gasteiger partial charge in [0.15, 0.2) is 0 Å². The summed E-state index contributed by atoms with van der Waals surface area (Å²) in [5, 5.41) is 0. The lowest BCUT2D eigenvalue weighted by Gasteiger charge is -2.10. The van der Waals surface area contributed by atoms with Gasteiger partial charge >= 0.3 is 0 Å². The predicted molar refractivity (Wildman–Crippen MR) is 117 cm³/mol. The van der Waals surface area contributed by atoms with Gasteiger partial charge in [0.05, 0.1) is 11.0 Å². The van der Waals surface area contributed by atoms with Crippen LogP contribution in [0.3, 0.4) is 0 Å². The van der Waals surface area contributed by atoms with Crippen molar-refractivity contribution in [2.45, 2.75) is 78.1 Å². The van der Waals surface area contributed by atoms with Crippen molar-refractivity contribution in [2.75, 3.05) is 0 Å². The molecule has 0 spiro atoms. The molecule has 144 valence electrons. The minimum Gasteiger partial charge on any atom is -0.296 e. The van der Waals surface area contributed by atoms with E-state index in [2.05, 4.69) is 66.9 Å². The van der Waals surface area contributed by atoms with Gasteiger partial charge in [-0.05, 0) is 37.6 Å². The first-order valence-corrected chi connectivity index (χ1v) is 10.8. The lowest BCUT2D eigenvalue weighted by molar-refractivity contribution is 0.561. The van der Waals surface area contributed by atoms with Gasteiger partial charge in [0, 0.05) is 12.1 Å². The van der Waals surface area contributed by atoms with E-state index in [1.807, 2.05) is 0 Å². The predicted octanol–water partition coefficient (Wildman–Crippen LogP) is 7.41. The highest BCUT2D eigenvalue weighted by atomic mass is 15.1. The summed E-state index contributed by atoms with van der Waals surface area (Å²) in [7, 11) is 0. The Kier molecular flexibility index (Phi) is 7.50. The fraction of sp³-hybridized carbons (Fsp3) is 0.480. The second-order valence-electron chi connectivity index (χ2n) is 7.77. The molecule has 1 aromatic heterocycles. The van der Waals surface area contributed by atoms with Crippen molar-refractivity contribution in [3.63, 3.8) is 0 Å². The van der Waals surface area contributed by atoms with Gasteiger partial charge in [0.25, 0.3) is 0 Å². The zero-order chi connectivity index (χ0) is 18.9. The second-order valence-corrected chi connectivity index (χ2v) is 7.77. The van der Waals surface area contributed by atoms with Crippen molar-refractivity contribution in [1.29, 1.82) is 0 Å². The van der Waals surface area contributed by atoms with E-state index in [-0.39, 0.29) is 0 Å². The van der Waals surface area contributed by atoms with E-state index in [9.17, 15) is 0 Å². The summed E-state index contributed by atoms with van der Waals surface area (Å²) >= 11 is 0. The molecule has 0 amide bonds. The van der Waals surface area contributed by atoms with Gasteiger partial charge in [-0.2, -0.15) is 0 Å². The fourth-order valence-corrected chi connectivity index (χ4v) is 3.82. The van der Waals surface area contributed by atoms with Crippen molar-refractivity contribution in [2.24, 2.45) is 0 Å². The van der Waals surface area contributed by atoms with Gasteiger partial charge in [-0.15, -0.1) is 0 Å². The van der Waals surface area contributed by atoms with Crippen LogP contribution < -0.4 is 0 Å². The van der Waals surface area contributed by atoms with Gasteiger partial charge in [-0.1, -0.05) is 88.1 Å². The number of rotatable bonds is 11. The third-order valence-corrected chi connectivity index (χ3v) is 5.43. The maximum Gasteiger partial charge on any atom is 0.114 e. The van der Waals surface area contributed by atoms with Gasteiger partial charge < -0.3 is 0 Å². The Morgan fingerprint density at radius 3 is 2.07 bits per heavy atom. The van der Waals surface area contributed by atoms with E-state index < -0.39 is 0 Å². The first-order chi connectivity index (χ1) is 13.3. The number of nitrogens with zero attached hydrogens (tertiary/aromatic N) is 2. The molecule has 0 aliphatic heterocycles. The Morgan fingerprint density at radius 2 is 1.37 bits per heavy atom. The molecular formula is C25H34N2. The van der Waals surface area contributed by atoms with Crippen LogP contribution in [-0.2, 0) is 6.42 Å².